The van der Waals surface area contributed by atoms with E-state index in [1.165, 1.54) is 6.07 Å². The van der Waals surface area contributed by atoms with Gasteiger partial charge in [0.2, 0.25) is 0 Å². The topological polar surface area (TPSA) is 46.6 Å². The normalized spacial score (nSPS) is 15.8. The van der Waals surface area contributed by atoms with Crippen LogP contribution in [0.25, 0.3) is 0 Å². The second-order valence-corrected chi connectivity index (χ2v) is 8.44. The largest absolute Gasteiger partial charge is 0.497 e. The van der Waals surface area contributed by atoms with Crippen LogP contribution in [0.2, 0.25) is 0 Å². The number of para-hydroxylation sites is 1. The van der Waals surface area contributed by atoms with Gasteiger partial charge in [0.05, 0.1) is 18.8 Å². The van der Waals surface area contributed by atoms with Gasteiger partial charge in [0.25, 0.3) is 0 Å². The number of hydrogen-bond donors (Lipinski definition) is 1. The molecule has 33 heavy (non-hydrogen) atoms. The maximum Gasteiger partial charge on any atom is 0.165 e. The number of likely N-dealkylation sites (tertiary alicyclic amines) is 1. The Bertz CT molecular complexity index is 993. The fraction of sp³-hybridized carbons (Fsp3) is 0.370. The maximum absolute atomic E-state index is 13.7. The molecule has 1 N–H and O–H groups in total. The summed E-state index contributed by atoms with van der Waals surface area (Å²) in [6, 6.07) is 20.8. The molecule has 4 rings (SSSR count). The lowest BCUT2D eigenvalue weighted by Gasteiger charge is -2.33. The molecule has 1 atom stereocenters. The number of methoxy groups -OCH3 is 1. The molecule has 1 aliphatic heterocycles. The number of aromatic nitrogens is 1. The van der Waals surface area contributed by atoms with Crippen molar-refractivity contribution in [1.29, 1.82) is 0 Å². The van der Waals surface area contributed by atoms with Crippen LogP contribution in [0.5, 0.6) is 11.5 Å². The quantitative estimate of drug-likeness (QED) is 0.486. The highest BCUT2D eigenvalue weighted by molar-refractivity contribution is 5.34. The first kappa shape index (κ1) is 23.2. The average Bonchev–Trinajstić information content (AvgIpc) is 2.87. The van der Waals surface area contributed by atoms with Crippen LogP contribution in [-0.4, -0.2) is 49.8 Å². The van der Waals surface area contributed by atoms with E-state index in [1.54, 1.807) is 25.3 Å². The number of pyridine rings is 1. The lowest BCUT2D eigenvalue weighted by Crippen LogP contribution is -2.40. The summed E-state index contributed by atoms with van der Waals surface area (Å²) in [6.45, 7) is 4.30. The van der Waals surface area contributed by atoms with Crippen molar-refractivity contribution in [3.8, 4) is 11.5 Å². The van der Waals surface area contributed by atoms with E-state index in [-0.39, 0.29) is 11.9 Å². The van der Waals surface area contributed by atoms with Crippen molar-refractivity contribution in [2.45, 2.75) is 18.9 Å². The van der Waals surface area contributed by atoms with E-state index in [2.05, 4.69) is 33.4 Å². The Hall–Kier alpha value is -2.96. The van der Waals surface area contributed by atoms with E-state index in [4.69, 9.17) is 9.47 Å². The Kier molecular flexibility index (Phi) is 8.28. The third kappa shape index (κ3) is 6.53. The smallest absolute Gasteiger partial charge is 0.165 e. The van der Waals surface area contributed by atoms with Crippen molar-refractivity contribution in [3.63, 3.8) is 0 Å². The Morgan fingerprint density at radius 3 is 2.64 bits per heavy atom. The molecule has 2 heterocycles. The number of ether oxygens (including phenoxy) is 2. The predicted octanol–water partition coefficient (Wildman–Crippen LogP) is 4.70. The molecule has 1 aliphatic rings. The summed E-state index contributed by atoms with van der Waals surface area (Å²) in [7, 11) is 1.69. The minimum Gasteiger partial charge on any atom is -0.497 e. The fourth-order valence-electron chi connectivity index (χ4n) is 4.31. The van der Waals surface area contributed by atoms with Crippen molar-refractivity contribution < 1.29 is 13.9 Å². The van der Waals surface area contributed by atoms with Crippen molar-refractivity contribution in [3.05, 3.63) is 90.0 Å². The molecule has 0 aliphatic carbocycles. The van der Waals surface area contributed by atoms with Crippen LogP contribution < -0.4 is 14.8 Å². The fourth-order valence-corrected chi connectivity index (χ4v) is 4.31. The summed E-state index contributed by atoms with van der Waals surface area (Å²) in [5.74, 6) is 1.47. The summed E-state index contributed by atoms with van der Waals surface area (Å²) >= 11 is 0. The molecule has 1 aromatic heterocycles. The Morgan fingerprint density at radius 1 is 1.06 bits per heavy atom. The van der Waals surface area contributed by atoms with Crippen molar-refractivity contribution in [1.82, 2.24) is 15.2 Å². The molecular weight excluding hydrogens is 417 g/mol. The zero-order valence-corrected chi connectivity index (χ0v) is 19.1. The summed E-state index contributed by atoms with van der Waals surface area (Å²) in [6.07, 6.45) is 4.09. The van der Waals surface area contributed by atoms with E-state index in [0.717, 1.165) is 56.0 Å². The third-order valence-corrected chi connectivity index (χ3v) is 6.23. The highest BCUT2D eigenvalue weighted by Gasteiger charge is 2.22. The number of rotatable bonds is 10. The van der Waals surface area contributed by atoms with Gasteiger partial charge in [-0.05, 0) is 80.4 Å². The van der Waals surface area contributed by atoms with Gasteiger partial charge >= 0.3 is 0 Å². The van der Waals surface area contributed by atoms with Gasteiger partial charge in [-0.25, -0.2) is 4.39 Å². The minimum atomic E-state index is -0.305. The number of nitrogens with zero attached hydrogens (tertiary/aromatic N) is 2. The molecule has 0 amide bonds. The molecule has 1 fully saturated rings. The maximum atomic E-state index is 13.7. The monoisotopic (exact) mass is 449 g/mol. The molecule has 0 bridgehead atoms. The molecule has 0 unspecified atom stereocenters. The minimum absolute atomic E-state index is 0.0218. The highest BCUT2D eigenvalue weighted by Crippen LogP contribution is 2.25. The number of halogens is 1. The Balaban J connectivity index is 1.27. The van der Waals surface area contributed by atoms with Crippen LogP contribution in [0.15, 0.2) is 72.9 Å². The first-order chi connectivity index (χ1) is 16.2. The molecule has 5 nitrogen and oxygen atoms in total. The first-order valence-electron chi connectivity index (χ1n) is 11.6. The van der Waals surface area contributed by atoms with Gasteiger partial charge in [-0.2, -0.15) is 0 Å². The summed E-state index contributed by atoms with van der Waals surface area (Å²) in [5, 5.41) is 3.76. The van der Waals surface area contributed by atoms with Crippen molar-refractivity contribution in [2.75, 3.05) is 39.9 Å². The van der Waals surface area contributed by atoms with E-state index in [0.29, 0.717) is 18.3 Å². The molecule has 6 heteroatoms. The second kappa shape index (κ2) is 11.8. The standard InChI is InChI=1S/C27H32FN3O2/c1-32-23-8-6-7-22(19-23)27(25-10-4-5-14-29-25)30-20-21-12-15-31(16-13-21)17-18-33-26-11-3-2-9-24(26)28/h2-11,14,19,21,27,30H,12-13,15-18,20H2,1H3/t27-/m1/s1. The molecule has 0 saturated carbocycles. The predicted molar refractivity (Wildman–Crippen MR) is 128 cm³/mol. The second-order valence-electron chi connectivity index (χ2n) is 8.44. The van der Waals surface area contributed by atoms with Gasteiger partial charge in [-0.3, -0.25) is 9.88 Å². The van der Waals surface area contributed by atoms with Crippen LogP contribution in [0.4, 0.5) is 4.39 Å². The Morgan fingerprint density at radius 2 is 1.88 bits per heavy atom. The number of benzene rings is 2. The third-order valence-electron chi connectivity index (χ3n) is 6.23. The van der Waals surface area contributed by atoms with Gasteiger partial charge in [-0.15, -0.1) is 0 Å². The van der Waals surface area contributed by atoms with E-state index in [1.807, 2.05) is 30.5 Å². The molecule has 1 saturated heterocycles. The average molecular weight is 450 g/mol. The van der Waals surface area contributed by atoms with E-state index < -0.39 is 0 Å². The van der Waals surface area contributed by atoms with Crippen LogP contribution in [-0.2, 0) is 0 Å². The molecular formula is C27H32FN3O2. The molecule has 0 radical (unpaired) electrons. The highest BCUT2D eigenvalue weighted by atomic mass is 19.1. The van der Waals surface area contributed by atoms with Crippen LogP contribution in [0, 0.1) is 11.7 Å². The van der Waals surface area contributed by atoms with Crippen LogP contribution in [0.1, 0.15) is 30.1 Å². The SMILES string of the molecule is COc1cccc([C@@H](NCC2CCN(CCOc3ccccc3F)CC2)c2ccccn2)c1. The lowest BCUT2D eigenvalue weighted by atomic mass is 9.95. The molecule has 174 valence electrons. The lowest BCUT2D eigenvalue weighted by molar-refractivity contribution is 0.151. The van der Waals surface area contributed by atoms with Gasteiger partial charge in [-0.1, -0.05) is 30.3 Å². The van der Waals surface area contributed by atoms with Crippen molar-refractivity contribution >= 4 is 0 Å². The first-order valence-corrected chi connectivity index (χ1v) is 11.6. The van der Waals surface area contributed by atoms with Crippen LogP contribution in [0.3, 0.4) is 0 Å². The zero-order valence-electron chi connectivity index (χ0n) is 19.1. The van der Waals surface area contributed by atoms with E-state index >= 15 is 0 Å². The number of piperidine rings is 1. The van der Waals surface area contributed by atoms with Gasteiger partial charge < -0.3 is 14.8 Å². The summed E-state index contributed by atoms with van der Waals surface area (Å²) in [4.78, 5) is 7.00. The summed E-state index contributed by atoms with van der Waals surface area (Å²) in [5.41, 5.74) is 2.16. The van der Waals surface area contributed by atoms with Gasteiger partial charge in [0.1, 0.15) is 12.4 Å². The molecule has 0 spiro atoms. The van der Waals surface area contributed by atoms with Crippen LogP contribution >= 0.6 is 0 Å². The molecule has 2 aromatic carbocycles. The summed E-state index contributed by atoms with van der Waals surface area (Å²) < 4.78 is 24.7. The van der Waals surface area contributed by atoms with Gasteiger partial charge in [0.15, 0.2) is 11.6 Å². The number of nitrogens with one attached hydrogen (secondary N) is 1. The van der Waals surface area contributed by atoms with Gasteiger partial charge in [0, 0.05) is 12.7 Å². The molecule has 3 aromatic rings. The Labute approximate surface area is 195 Å². The van der Waals surface area contributed by atoms with Crippen molar-refractivity contribution in [2.24, 2.45) is 5.92 Å². The van der Waals surface area contributed by atoms with E-state index in [9.17, 15) is 4.39 Å². The number of hydrogen-bond acceptors (Lipinski definition) is 5. The zero-order chi connectivity index (χ0) is 22.9.